The molecule has 1 aliphatic heterocycles. The van der Waals surface area contributed by atoms with Crippen LogP contribution in [0.5, 0.6) is 0 Å². The van der Waals surface area contributed by atoms with Crippen molar-refractivity contribution in [2.45, 2.75) is 25.9 Å². The topological polar surface area (TPSA) is 46.2 Å². The molecule has 2 rings (SSSR count). The van der Waals surface area contributed by atoms with E-state index in [1.807, 2.05) is 18.3 Å². The fourth-order valence-corrected chi connectivity index (χ4v) is 1.86. The summed E-state index contributed by atoms with van der Waals surface area (Å²) in [5.74, 6) is 0.917. The number of nitrogens with zero attached hydrogens (tertiary/aromatic N) is 1. The van der Waals surface area contributed by atoms with Gasteiger partial charge in [0, 0.05) is 37.6 Å². The molecule has 0 saturated carbocycles. The van der Waals surface area contributed by atoms with Gasteiger partial charge in [-0.2, -0.15) is 0 Å². The molecule has 4 nitrogen and oxygen atoms in total. The number of rotatable bonds is 5. The van der Waals surface area contributed by atoms with Gasteiger partial charge in [0.2, 0.25) is 0 Å². The maximum atomic E-state index is 5.56. The van der Waals surface area contributed by atoms with Crippen molar-refractivity contribution in [3.8, 4) is 0 Å². The van der Waals surface area contributed by atoms with Crippen LogP contribution >= 0.6 is 0 Å². The van der Waals surface area contributed by atoms with Crippen molar-refractivity contribution in [2.75, 3.05) is 30.3 Å². The van der Waals surface area contributed by atoms with E-state index in [0.717, 1.165) is 37.6 Å². The van der Waals surface area contributed by atoms with Gasteiger partial charge in [-0.25, -0.2) is 4.98 Å². The van der Waals surface area contributed by atoms with E-state index in [1.165, 1.54) is 6.42 Å². The van der Waals surface area contributed by atoms with Gasteiger partial charge in [0.05, 0.1) is 6.10 Å². The lowest BCUT2D eigenvalue weighted by molar-refractivity contribution is 0.120. The zero-order chi connectivity index (χ0) is 11.2. The summed E-state index contributed by atoms with van der Waals surface area (Å²) in [6.07, 6.45) is 4.54. The first-order chi connectivity index (χ1) is 7.88. The summed E-state index contributed by atoms with van der Waals surface area (Å²) in [6.45, 7) is 4.75. The second-order valence-electron chi connectivity index (χ2n) is 3.98. The Balaban J connectivity index is 1.85. The Morgan fingerprint density at radius 1 is 1.50 bits per heavy atom. The molecule has 1 unspecified atom stereocenters. The third-order valence-corrected chi connectivity index (χ3v) is 2.68. The van der Waals surface area contributed by atoms with E-state index >= 15 is 0 Å². The fourth-order valence-electron chi connectivity index (χ4n) is 1.86. The van der Waals surface area contributed by atoms with Crippen LogP contribution in [0.4, 0.5) is 11.5 Å². The van der Waals surface area contributed by atoms with Crippen LogP contribution in [0.3, 0.4) is 0 Å². The predicted molar refractivity (Wildman–Crippen MR) is 65.9 cm³/mol. The molecule has 1 aromatic rings. The molecule has 1 aromatic heterocycles. The molecular weight excluding hydrogens is 202 g/mol. The molecule has 2 heterocycles. The van der Waals surface area contributed by atoms with Crippen molar-refractivity contribution >= 4 is 11.5 Å². The van der Waals surface area contributed by atoms with Gasteiger partial charge in [0.15, 0.2) is 0 Å². The maximum Gasteiger partial charge on any atom is 0.127 e. The van der Waals surface area contributed by atoms with E-state index in [-0.39, 0.29) is 0 Å². The van der Waals surface area contributed by atoms with Crippen molar-refractivity contribution in [2.24, 2.45) is 0 Å². The average Bonchev–Trinajstić information content (AvgIpc) is 2.80. The monoisotopic (exact) mass is 221 g/mol. The SMILES string of the molecule is CCNc1cc(NCC2CCCO2)ccn1. The molecule has 1 atom stereocenters. The largest absolute Gasteiger partial charge is 0.382 e. The molecule has 2 N–H and O–H groups in total. The third-order valence-electron chi connectivity index (χ3n) is 2.68. The lowest BCUT2D eigenvalue weighted by Gasteiger charge is -2.12. The molecule has 16 heavy (non-hydrogen) atoms. The van der Waals surface area contributed by atoms with Crippen LogP contribution in [0.1, 0.15) is 19.8 Å². The minimum atomic E-state index is 0.371. The summed E-state index contributed by atoms with van der Waals surface area (Å²) in [6, 6.07) is 4.01. The van der Waals surface area contributed by atoms with E-state index in [2.05, 4.69) is 22.5 Å². The summed E-state index contributed by atoms with van der Waals surface area (Å²) in [7, 11) is 0. The first-order valence-electron chi connectivity index (χ1n) is 5.94. The first-order valence-corrected chi connectivity index (χ1v) is 5.94. The third kappa shape index (κ3) is 3.10. The van der Waals surface area contributed by atoms with Crippen LogP contribution in [-0.4, -0.2) is 30.8 Å². The number of anilines is 2. The van der Waals surface area contributed by atoms with Gasteiger partial charge < -0.3 is 15.4 Å². The Morgan fingerprint density at radius 3 is 3.19 bits per heavy atom. The molecule has 1 saturated heterocycles. The number of hydrogen-bond donors (Lipinski definition) is 2. The standard InChI is InChI=1S/C12H19N3O/c1-2-13-12-8-10(5-6-14-12)15-9-11-4-3-7-16-11/h5-6,8,11H,2-4,7,9H2,1H3,(H2,13,14,15). The lowest BCUT2D eigenvalue weighted by Crippen LogP contribution is -2.18. The first kappa shape index (κ1) is 11.2. The van der Waals surface area contributed by atoms with E-state index in [9.17, 15) is 0 Å². The molecule has 88 valence electrons. The van der Waals surface area contributed by atoms with Crippen LogP contribution < -0.4 is 10.6 Å². The van der Waals surface area contributed by atoms with E-state index in [0.29, 0.717) is 6.10 Å². The van der Waals surface area contributed by atoms with Gasteiger partial charge in [-0.05, 0) is 25.8 Å². The molecule has 1 aliphatic rings. The second kappa shape index (κ2) is 5.70. The molecule has 4 heteroatoms. The summed E-state index contributed by atoms with van der Waals surface area (Å²) in [5.41, 5.74) is 1.10. The molecule has 0 bridgehead atoms. The maximum absolute atomic E-state index is 5.56. The number of hydrogen-bond acceptors (Lipinski definition) is 4. The Labute approximate surface area is 96.4 Å². The predicted octanol–water partition coefficient (Wildman–Crippen LogP) is 2.10. The Kier molecular flexibility index (Phi) is 3.99. The zero-order valence-electron chi connectivity index (χ0n) is 9.70. The molecule has 0 aromatic carbocycles. The molecular formula is C12H19N3O. The number of nitrogens with one attached hydrogen (secondary N) is 2. The average molecular weight is 221 g/mol. The van der Waals surface area contributed by atoms with Crippen molar-refractivity contribution in [3.05, 3.63) is 18.3 Å². The lowest BCUT2D eigenvalue weighted by atomic mass is 10.2. The fraction of sp³-hybridized carbons (Fsp3) is 0.583. The Morgan fingerprint density at radius 2 is 2.44 bits per heavy atom. The van der Waals surface area contributed by atoms with Gasteiger partial charge >= 0.3 is 0 Å². The van der Waals surface area contributed by atoms with Gasteiger partial charge in [-0.1, -0.05) is 0 Å². The highest BCUT2D eigenvalue weighted by Crippen LogP contribution is 2.15. The molecule has 0 radical (unpaired) electrons. The highest BCUT2D eigenvalue weighted by atomic mass is 16.5. The molecule has 0 aliphatic carbocycles. The summed E-state index contributed by atoms with van der Waals surface area (Å²) in [5, 5.41) is 6.57. The normalized spacial score (nSPS) is 19.7. The number of aromatic nitrogens is 1. The van der Waals surface area contributed by atoms with Gasteiger partial charge in [-0.3, -0.25) is 0 Å². The zero-order valence-corrected chi connectivity index (χ0v) is 9.70. The van der Waals surface area contributed by atoms with Gasteiger partial charge in [0.25, 0.3) is 0 Å². The quantitative estimate of drug-likeness (QED) is 0.799. The van der Waals surface area contributed by atoms with Gasteiger partial charge in [0.1, 0.15) is 5.82 Å². The summed E-state index contributed by atoms with van der Waals surface area (Å²) >= 11 is 0. The summed E-state index contributed by atoms with van der Waals surface area (Å²) in [4.78, 5) is 4.23. The minimum Gasteiger partial charge on any atom is -0.382 e. The Hall–Kier alpha value is -1.29. The molecule has 0 spiro atoms. The smallest absolute Gasteiger partial charge is 0.127 e. The minimum absolute atomic E-state index is 0.371. The van der Waals surface area contributed by atoms with Crippen LogP contribution in [0.15, 0.2) is 18.3 Å². The second-order valence-corrected chi connectivity index (χ2v) is 3.98. The molecule has 1 fully saturated rings. The van der Waals surface area contributed by atoms with Crippen LogP contribution in [-0.2, 0) is 4.74 Å². The summed E-state index contributed by atoms with van der Waals surface area (Å²) < 4.78 is 5.56. The van der Waals surface area contributed by atoms with Crippen molar-refractivity contribution in [3.63, 3.8) is 0 Å². The van der Waals surface area contributed by atoms with Crippen LogP contribution in [0, 0.1) is 0 Å². The highest BCUT2D eigenvalue weighted by Gasteiger charge is 2.14. The Bertz CT molecular complexity index is 324. The number of ether oxygens (including phenoxy) is 1. The van der Waals surface area contributed by atoms with E-state index in [1.54, 1.807) is 0 Å². The van der Waals surface area contributed by atoms with Crippen molar-refractivity contribution in [1.29, 1.82) is 0 Å². The van der Waals surface area contributed by atoms with E-state index in [4.69, 9.17) is 4.74 Å². The van der Waals surface area contributed by atoms with Crippen molar-refractivity contribution in [1.82, 2.24) is 4.98 Å². The number of pyridine rings is 1. The van der Waals surface area contributed by atoms with Gasteiger partial charge in [-0.15, -0.1) is 0 Å². The van der Waals surface area contributed by atoms with Crippen molar-refractivity contribution < 1.29 is 4.74 Å². The highest BCUT2D eigenvalue weighted by molar-refractivity contribution is 5.51. The van der Waals surface area contributed by atoms with Crippen LogP contribution in [0.2, 0.25) is 0 Å². The van der Waals surface area contributed by atoms with E-state index < -0.39 is 0 Å². The molecule has 0 amide bonds. The van der Waals surface area contributed by atoms with Crippen LogP contribution in [0.25, 0.3) is 0 Å².